The van der Waals surface area contributed by atoms with E-state index in [1.807, 2.05) is 18.4 Å². The minimum Gasteiger partial charge on any atom is -0.399 e. The number of hydrogen-bond acceptors (Lipinski definition) is 5. The highest BCUT2D eigenvalue weighted by atomic mass is 35.5. The fourth-order valence-electron chi connectivity index (χ4n) is 2.49. The van der Waals surface area contributed by atoms with Gasteiger partial charge in [-0.25, -0.2) is 4.98 Å². The van der Waals surface area contributed by atoms with Gasteiger partial charge in [0.15, 0.2) is 5.13 Å². The monoisotopic (exact) mass is 402 g/mol. The number of nitrogens with two attached hydrogens (primary N) is 1. The molecular weight excluding hydrogens is 383 g/mol. The Morgan fingerprint density at radius 1 is 1.40 bits per heavy atom. The second-order valence-electron chi connectivity index (χ2n) is 5.57. The van der Waals surface area contributed by atoms with Crippen LogP contribution in [0, 0.1) is 6.92 Å². The van der Waals surface area contributed by atoms with E-state index in [0.717, 1.165) is 12.0 Å². The average Bonchev–Trinajstić information content (AvgIpc) is 3.11. The minimum absolute atomic E-state index is 0. The van der Waals surface area contributed by atoms with Crippen molar-refractivity contribution in [2.75, 3.05) is 22.5 Å². The molecule has 0 atom stereocenters. The molecule has 1 fully saturated rings. The van der Waals surface area contributed by atoms with Gasteiger partial charge in [0, 0.05) is 29.7 Å². The van der Waals surface area contributed by atoms with Crippen molar-refractivity contribution in [2.24, 2.45) is 0 Å². The minimum atomic E-state index is -0.150. The van der Waals surface area contributed by atoms with Crippen molar-refractivity contribution in [1.82, 2.24) is 4.98 Å². The number of nitrogens with one attached hydrogen (secondary N) is 1. The number of amides is 2. The van der Waals surface area contributed by atoms with E-state index in [2.05, 4.69) is 10.3 Å². The van der Waals surface area contributed by atoms with E-state index in [-0.39, 0.29) is 43.0 Å². The van der Waals surface area contributed by atoms with Crippen molar-refractivity contribution in [3.05, 3.63) is 34.8 Å². The van der Waals surface area contributed by atoms with Crippen molar-refractivity contribution in [3.8, 4) is 0 Å². The molecule has 0 bridgehead atoms. The van der Waals surface area contributed by atoms with Gasteiger partial charge in [-0.3, -0.25) is 14.5 Å². The van der Waals surface area contributed by atoms with Crippen LogP contribution in [-0.2, 0) is 16.0 Å². The van der Waals surface area contributed by atoms with Crippen LogP contribution in [0.2, 0.25) is 0 Å². The second kappa shape index (κ2) is 9.03. The number of nitrogens with zero attached hydrogens (tertiary/aromatic N) is 2. The van der Waals surface area contributed by atoms with Crippen molar-refractivity contribution in [1.29, 1.82) is 0 Å². The van der Waals surface area contributed by atoms with Crippen molar-refractivity contribution in [3.63, 3.8) is 0 Å². The van der Waals surface area contributed by atoms with E-state index < -0.39 is 0 Å². The van der Waals surface area contributed by atoms with Crippen LogP contribution in [0.25, 0.3) is 0 Å². The molecule has 0 aliphatic carbocycles. The molecule has 2 amide bonds. The highest BCUT2D eigenvalue weighted by Crippen LogP contribution is 2.25. The van der Waals surface area contributed by atoms with Gasteiger partial charge >= 0.3 is 0 Å². The lowest BCUT2D eigenvalue weighted by atomic mass is 10.1. The molecule has 25 heavy (non-hydrogen) atoms. The number of halogens is 2. The normalized spacial score (nSPS) is 13.2. The van der Waals surface area contributed by atoms with Gasteiger partial charge in [0.1, 0.15) is 0 Å². The summed E-state index contributed by atoms with van der Waals surface area (Å²) in [6.45, 7) is 2.62. The van der Waals surface area contributed by atoms with Crippen LogP contribution < -0.4 is 16.0 Å². The number of carbonyl (C=O) groups is 2. The highest BCUT2D eigenvalue weighted by molar-refractivity contribution is 7.14. The lowest BCUT2D eigenvalue weighted by molar-refractivity contribution is -0.117. The Balaban J connectivity index is 0.00000156. The van der Waals surface area contributed by atoms with Crippen LogP contribution in [0.4, 0.5) is 16.5 Å². The highest BCUT2D eigenvalue weighted by Gasteiger charge is 2.24. The van der Waals surface area contributed by atoms with Gasteiger partial charge in [0.25, 0.3) is 0 Å². The fraction of sp³-hybridized carbons (Fsp3) is 0.312. The molecule has 2 heterocycles. The Labute approximate surface area is 162 Å². The third-order valence-electron chi connectivity index (χ3n) is 3.72. The van der Waals surface area contributed by atoms with Gasteiger partial charge < -0.3 is 11.1 Å². The number of aryl methyl sites for hydroxylation is 1. The Morgan fingerprint density at radius 3 is 2.84 bits per heavy atom. The van der Waals surface area contributed by atoms with Crippen LogP contribution in [-0.4, -0.2) is 23.3 Å². The summed E-state index contributed by atoms with van der Waals surface area (Å²) in [4.78, 5) is 30.0. The Morgan fingerprint density at radius 2 is 2.16 bits per heavy atom. The lowest BCUT2D eigenvalue weighted by Crippen LogP contribution is -2.23. The molecule has 136 valence electrons. The molecular formula is C16H20Cl2N4O2S. The zero-order valence-electron chi connectivity index (χ0n) is 13.7. The lowest BCUT2D eigenvalue weighted by Gasteiger charge is -2.10. The number of thiazole rings is 1. The van der Waals surface area contributed by atoms with E-state index in [9.17, 15) is 9.59 Å². The first-order valence-electron chi connectivity index (χ1n) is 7.43. The fourth-order valence-corrected chi connectivity index (χ4v) is 3.35. The SMILES string of the molecule is Cc1ccc(N)cc1NC(=O)Cc1csc(N2CCCC2=O)n1.Cl.Cl. The molecule has 1 aromatic carbocycles. The van der Waals surface area contributed by atoms with E-state index in [1.165, 1.54) is 11.3 Å². The first-order chi connectivity index (χ1) is 11.0. The number of aromatic nitrogens is 1. The summed E-state index contributed by atoms with van der Waals surface area (Å²) in [5.41, 5.74) is 8.68. The molecule has 1 aromatic heterocycles. The third-order valence-corrected chi connectivity index (χ3v) is 4.63. The largest absolute Gasteiger partial charge is 0.399 e. The molecule has 3 N–H and O–H groups in total. The molecule has 1 aliphatic rings. The van der Waals surface area contributed by atoms with Crippen molar-refractivity contribution >= 4 is 64.5 Å². The Bertz CT molecular complexity index is 766. The van der Waals surface area contributed by atoms with Gasteiger partial charge in [0.2, 0.25) is 11.8 Å². The van der Waals surface area contributed by atoms with Gasteiger partial charge in [-0.15, -0.1) is 36.2 Å². The van der Waals surface area contributed by atoms with Crippen LogP contribution >= 0.6 is 36.2 Å². The summed E-state index contributed by atoms with van der Waals surface area (Å²) in [7, 11) is 0. The van der Waals surface area contributed by atoms with Crippen LogP contribution in [0.1, 0.15) is 24.1 Å². The zero-order valence-corrected chi connectivity index (χ0v) is 16.1. The van der Waals surface area contributed by atoms with Gasteiger partial charge in [-0.2, -0.15) is 0 Å². The molecule has 0 spiro atoms. The number of benzene rings is 1. The molecule has 2 aromatic rings. The van der Waals surface area contributed by atoms with E-state index in [0.29, 0.717) is 35.2 Å². The molecule has 0 unspecified atom stereocenters. The quantitative estimate of drug-likeness (QED) is 0.768. The average molecular weight is 403 g/mol. The summed E-state index contributed by atoms with van der Waals surface area (Å²) in [5.74, 6) is -0.0472. The second-order valence-corrected chi connectivity index (χ2v) is 6.41. The number of hydrogen-bond donors (Lipinski definition) is 2. The number of carbonyl (C=O) groups excluding carboxylic acids is 2. The first kappa shape index (κ1) is 21.2. The summed E-state index contributed by atoms with van der Waals surface area (Å²) >= 11 is 1.40. The molecule has 6 nitrogen and oxygen atoms in total. The molecule has 3 rings (SSSR count). The maximum atomic E-state index is 12.2. The molecule has 9 heteroatoms. The summed E-state index contributed by atoms with van der Waals surface area (Å²) in [5, 5.41) is 5.35. The molecule has 1 saturated heterocycles. The first-order valence-corrected chi connectivity index (χ1v) is 8.31. The number of anilines is 3. The van der Waals surface area contributed by atoms with E-state index in [1.54, 1.807) is 17.0 Å². The molecule has 0 radical (unpaired) electrons. The van der Waals surface area contributed by atoms with E-state index in [4.69, 9.17) is 5.73 Å². The topological polar surface area (TPSA) is 88.3 Å². The molecule has 0 saturated carbocycles. The number of nitrogen functional groups attached to an aromatic ring is 1. The van der Waals surface area contributed by atoms with Gasteiger partial charge in [0.05, 0.1) is 12.1 Å². The summed E-state index contributed by atoms with van der Waals surface area (Å²) in [6.07, 6.45) is 1.61. The predicted octanol–water partition coefficient (Wildman–Crippen LogP) is 3.19. The summed E-state index contributed by atoms with van der Waals surface area (Å²) < 4.78 is 0. The van der Waals surface area contributed by atoms with Crippen LogP contribution in [0.15, 0.2) is 23.6 Å². The van der Waals surface area contributed by atoms with E-state index >= 15 is 0 Å². The van der Waals surface area contributed by atoms with Crippen molar-refractivity contribution < 1.29 is 9.59 Å². The maximum Gasteiger partial charge on any atom is 0.230 e. The molecule has 1 aliphatic heterocycles. The van der Waals surface area contributed by atoms with Crippen LogP contribution in [0.3, 0.4) is 0 Å². The predicted molar refractivity (Wildman–Crippen MR) is 106 cm³/mol. The number of rotatable bonds is 4. The third kappa shape index (κ3) is 5.07. The smallest absolute Gasteiger partial charge is 0.230 e. The zero-order chi connectivity index (χ0) is 16.4. The summed E-state index contributed by atoms with van der Waals surface area (Å²) in [6, 6.07) is 5.40. The Hall–Kier alpha value is -1.83. The maximum absolute atomic E-state index is 12.2. The van der Waals surface area contributed by atoms with Crippen molar-refractivity contribution in [2.45, 2.75) is 26.2 Å². The van der Waals surface area contributed by atoms with Gasteiger partial charge in [-0.1, -0.05) is 6.07 Å². The van der Waals surface area contributed by atoms with Gasteiger partial charge in [-0.05, 0) is 31.0 Å². The standard InChI is InChI=1S/C16H18N4O2S.2ClH/c1-10-4-5-11(17)7-13(10)19-14(21)8-12-9-23-16(18-12)20-6-2-3-15(20)22;;/h4-5,7,9H,2-3,6,8,17H2,1H3,(H,19,21);2*1H. The van der Waals surface area contributed by atoms with Crippen LogP contribution in [0.5, 0.6) is 0 Å². The Kier molecular flexibility index (Phi) is 7.66.